The molecule has 1 aromatic rings. The fraction of sp³-hybridized carbons (Fsp3) is 0.722. The van der Waals surface area contributed by atoms with Crippen LogP contribution in [0.5, 0.6) is 0 Å². The minimum absolute atomic E-state index is 0.0446. The smallest absolute Gasteiger partial charge is 0.263 e. The van der Waals surface area contributed by atoms with Gasteiger partial charge in [0.15, 0.2) is 6.29 Å². The number of hydrogen-bond donors (Lipinski definition) is 0. The van der Waals surface area contributed by atoms with Crippen LogP contribution in [0.1, 0.15) is 53.2 Å². The summed E-state index contributed by atoms with van der Waals surface area (Å²) < 4.78 is 11.2. The Balaban J connectivity index is 1.60. The van der Waals surface area contributed by atoms with Gasteiger partial charge in [-0.2, -0.15) is 0 Å². The first-order valence-electron chi connectivity index (χ1n) is 8.87. The van der Waals surface area contributed by atoms with Crippen LogP contribution in [0.15, 0.2) is 6.07 Å². The van der Waals surface area contributed by atoms with Crippen molar-refractivity contribution in [1.29, 1.82) is 0 Å². The summed E-state index contributed by atoms with van der Waals surface area (Å²) in [5, 5.41) is 0. The van der Waals surface area contributed by atoms with Crippen LogP contribution in [0.2, 0.25) is 0 Å². The first-order valence-corrected chi connectivity index (χ1v) is 9.68. The Morgan fingerprint density at radius 1 is 1.26 bits per heavy atom. The molecule has 0 bridgehead atoms. The summed E-state index contributed by atoms with van der Waals surface area (Å²) in [4.78, 5) is 17.1. The maximum Gasteiger partial charge on any atom is 0.263 e. The summed E-state index contributed by atoms with van der Waals surface area (Å²) in [7, 11) is 0. The normalized spacial score (nSPS) is 20.3. The molecule has 2 saturated heterocycles. The molecule has 23 heavy (non-hydrogen) atoms. The summed E-state index contributed by atoms with van der Waals surface area (Å²) >= 11 is 1.70. The van der Waals surface area contributed by atoms with Gasteiger partial charge in [-0.05, 0) is 37.3 Å². The van der Waals surface area contributed by atoms with Crippen molar-refractivity contribution in [2.24, 2.45) is 5.92 Å². The van der Waals surface area contributed by atoms with Gasteiger partial charge in [0.05, 0.1) is 18.1 Å². The number of ether oxygens (including phenoxy) is 2. The van der Waals surface area contributed by atoms with Gasteiger partial charge in [-0.1, -0.05) is 20.3 Å². The first-order chi connectivity index (χ1) is 11.2. The third-order valence-electron chi connectivity index (χ3n) is 4.82. The minimum Gasteiger partial charge on any atom is -0.350 e. The molecule has 5 heteroatoms. The van der Waals surface area contributed by atoms with E-state index in [9.17, 15) is 4.79 Å². The lowest BCUT2D eigenvalue weighted by molar-refractivity contribution is -0.0955. The summed E-state index contributed by atoms with van der Waals surface area (Å²) in [5.41, 5.74) is 1.35. The predicted molar refractivity (Wildman–Crippen MR) is 92.0 cm³/mol. The molecule has 0 N–H and O–H groups in total. The number of rotatable bonds is 5. The summed E-state index contributed by atoms with van der Waals surface area (Å²) in [6.45, 7) is 7.41. The van der Waals surface area contributed by atoms with Crippen LogP contribution >= 0.6 is 11.3 Å². The van der Waals surface area contributed by atoms with E-state index in [1.54, 1.807) is 11.3 Å². The maximum absolute atomic E-state index is 12.8. The zero-order valence-corrected chi connectivity index (χ0v) is 15.0. The maximum atomic E-state index is 12.8. The van der Waals surface area contributed by atoms with Crippen LogP contribution in [0.25, 0.3) is 0 Å². The van der Waals surface area contributed by atoms with Crippen molar-refractivity contribution in [3.8, 4) is 0 Å². The number of nitrogens with zero attached hydrogens (tertiary/aromatic N) is 1. The second kappa shape index (κ2) is 7.77. The van der Waals surface area contributed by atoms with E-state index in [1.165, 1.54) is 10.4 Å². The standard InChI is InChI=1S/C18H27NO3S/c1-3-5-15-13(4-2)12-16(23-15)17(20)19-8-6-14(7-9-19)18-21-10-11-22-18/h12,14,18H,3-11H2,1-2H3. The van der Waals surface area contributed by atoms with E-state index < -0.39 is 0 Å². The van der Waals surface area contributed by atoms with Gasteiger partial charge in [0, 0.05) is 23.9 Å². The highest BCUT2D eigenvalue weighted by Gasteiger charge is 2.32. The topological polar surface area (TPSA) is 38.8 Å². The zero-order chi connectivity index (χ0) is 16.2. The van der Waals surface area contributed by atoms with Gasteiger partial charge in [-0.25, -0.2) is 0 Å². The van der Waals surface area contributed by atoms with Crippen LogP contribution in [0.4, 0.5) is 0 Å². The molecule has 2 aliphatic rings. The van der Waals surface area contributed by atoms with Crippen molar-refractivity contribution in [2.75, 3.05) is 26.3 Å². The number of carbonyl (C=O) groups excluding carboxylic acids is 1. The van der Waals surface area contributed by atoms with Crippen molar-refractivity contribution >= 4 is 17.2 Å². The molecule has 0 atom stereocenters. The van der Waals surface area contributed by atoms with Crippen molar-refractivity contribution in [2.45, 2.75) is 52.2 Å². The molecule has 0 spiro atoms. The lowest BCUT2D eigenvalue weighted by Gasteiger charge is -2.33. The lowest BCUT2D eigenvalue weighted by Crippen LogP contribution is -2.41. The fourth-order valence-corrected chi connectivity index (χ4v) is 4.81. The number of likely N-dealkylation sites (tertiary alicyclic amines) is 1. The van der Waals surface area contributed by atoms with Crippen molar-refractivity contribution in [1.82, 2.24) is 4.90 Å². The van der Waals surface area contributed by atoms with Crippen molar-refractivity contribution < 1.29 is 14.3 Å². The molecule has 3 heterocycles. The van der Waals surface area contributed by atoms with E-state index in [4.69, 9.17) is 9.47 Å². The first kappa shape index (κ1) is 16.9. The summed E-state index contributed by atoms with van der Waals surface area (Å²) in [6, 6.07) is 2.12. The molecule has 128 valence electrons. The molecule has 0 saturated carbocycles. The monoisotopic (exact) mass is 337 g/mol. The van der Waals surface area contributed by atoms with Crippen LogP contribution in [-0.2, 0) is 22.3 Å². The number of amides is 1. The lowest BCUT2D eigenvalue weighted by atomic mass is 9.96. The van der Waals surface area contributed by atoms with Gasteiger partial charge < -0.3 is 14.4 Å². The van der Waals surface area contributed by atoms with Crippen LogP contribution in [-0.4, -0.2) is 43.4 Å². The molecule has 1 amide bonds. The molecule has 2 fully saturated rings. The zero-order valence-electron chi connectivity index (χ0n) is 14.2. The number of aryl methyl sites for hydroxylation is 2. The largest absolute Gasteiger partial charge is 0.350 e. The highest BCUT2D eigenvalue weighted by molar-refractivity contribution is 7.14. The Kier molecular flexibility index (Phi) is 5.72. The van der Waals surface area contributed by atoms with Gasteiger partial charge in [0.1, 0.15) is 0 Å². The Bertz CT molecular complexity index is 528. The molecule has 2 aliphatic heterocycles. The van der Waals surface area contributed by atoms with E-state index >= 15 is 0 Å². The van der Waals surface area contributed by atoms with E-state index in [1.807, 2.05) is 4.90 Å². The van der Waals surface area contributed by atoms with Gasteiger partial charge in [-0.3, -0.25) is 4.79 Å². The fourth-order valence-electron chi connectivity index (χ4n) is 3.49. The number of carbonyl (C=O) groups is 1. The van der Waals surface area contributed by atoms with Gasteiger partial charge in [0.25, 0.3) is 5.91 Å². The molecule has 0 unspecified atom stereocenters. The van der Waals surface area contributed by atoms with E-state index in [2.05, 4.69) is 19.9 Å². The Morgan fingerprint density at radius 3 is 2.57 bits per heavy atom. The Labute approximate surface area is 142 Å². The average Bonchev–Trinajstić information content (AvgIpc) is 3.24. The van der Waals surface area contributed by atoms with Crippen LogP contribution in [0, 0.1) is 5.92 Å². The molecule has 1 aromatic heterocycles. The minimum atomic E-state index is -0.0446. The van der Waals surface area contributed by atoms with Crippen molar-refractivity contribution in [3.05, 3.63) is 21.4 Å². The molecule has 4 nitrogen and oxygen atoms in total. The molecule has 3 rings (SSSR count). The molecule has 0 aliphatic carbocycles. The van der Waals surface area contributed by atoms with Crippen LogP contribution in [0.3, 0.4) is 0 Å². The Hall–Kier alpha value is -0.910. The van der Waals surface area contributed by atoms with Gasteiger partial charge >= 0.3 is 0 Å². The van der Waals surface area contributed by atoms with E-state index in [-0.39, 0.29) is 12.2 Å². The predicted octanol–water partition coefficient (Wildman–Crippen LogP) is 3.49. The summed E-state index contributed by atoms with van der Waals surface area (Å²) in [6.07, 6.45) is 5.14. The highest BCUT2D eigenvalue weighted by Crippen LogP contribution is 2.29. The number of piperidine rings is 1. The average molecular weight is 337 g/mol. The second-order valence-corrected chi connectivity index (χ2v) is 7.54. The molecular formula is C18H27NO3S. The van der Waals surface area contributed by atoms with Crippen molar-refractivity contribution in [3.63, 3.8) is 0 Å². The van der Waals surface area contributed by atoms with Gasteiger partial charge in [0.2, 0.25) is 0 Å². The van der Waals surface area contributed by atoms with Crippen LogP contribution < -0.4 is 0 Å². The third kappa shape index (κ3) is 3.78. The van der Waals surface area contributed by atoms with Gasteiger partial charge in [-0.15, -0.1) is 11.3 Å². The molecule has 0 aromatic carbocycles. The number of hydrogen-bond acceptors (Lipinski definition) is 4. The molecular weight excluding hydrogens is 310 g/mol. The quantitative estimate of drug-likeness (QED) is 0.825. The second-order valence-electron chi connectivity index (χ2n) is 6.40. The van der Waals surface area contributed by atoms with E-state index in [0.717, 1.165) is 50.1 Å². The summed E-state index contributed by atoms with van der Waals surface area (Å²) in [5.74, 6) is 0.644. The third-order valence-corrected chi connectivity index (χ3v) is 6.05. The Morgan fingerprint density at radius 2 is 1.96 bits per heavy atom. The van der Waals surface area contributed by atoms with E-state index in [0.29, 0.717) is 19.1 Å². The molecule has 0 radical (unpaired) electrons. The SMILES string of the molecule is CCCc1sc(C(=O)N2CCC(C3OCCO3)CC2)cc1CC. The highest BCUT2D eigenvalue weighted by atomic mass is 32.1. The number of thiophene rings is 1.